The second-order valence-corrected chi connectivity index (χ2v) is 7.67. The molecule has 0 aromatic heterocycles. The van der Waals surface area contributed by atoms with E-state index in [1.54, 1.807) is 18.7 Å². The van der Waals surface area contributed by atoms with Crippen LogP contribution in [0.4, 0.5) is 5.69 Å². The van der Waals surface area contributed by atoms with Gasteiger partial charge in [-0.25, -0.2) is 0 Å². The summed E-state index contributed by atoms with van der Waals surface area (Å²) in [5, 5.41) is 1.09. The molecule has 1 aliphatic heterocycles. The second kappa shape index (κ2) is 9.48. The number of halogens is 1. The van der Waals surface area contributed by atoms with Gasteiger partial charge in [-0.2, -0.15) is 0 Å². The van der Waals surface area contributed by atoms with Crippen molar-refractivity contribution in [2.24, 2.45) is 4.99 Å². The van der Waals surface area contributed by atoms with Crippen LogP contribution in [-0.2, 0) is 4.79 Å². The van der Waals surface area contributed by atoms with Gasteiger partial charge < -0.3 is 4.90 Å². The summed E-state index contributed by atoms with van der Waals surface area (Å²) in [6.07, 6.45) is 7.73. The number of hydrogen-bond donors (Lipinski definition) is 0. The maximum atomic E-state index is 12.3. The van der Waals surface area contributed by atoms with Crippen LogP contribution in [0.2, 0.25) is 0 Å². The Balaban J connectivity index is 0.00000225. The van der Waals surface area contributed by atoms with E-state index >= 15 is 0 Å². The molecule has 1 amide bonds. The number of rotatable bonds is 3. The summed E-state index contributed by atoms with van der Waals surface area (Å²) in [6, 6.07) is 10.4. The zero-order chi connectivity index (χ0) is 16.9. The molecule has 1 aromatic carbocycles. The van der Waals surface area contributed by atoms with Gasteiger partial charge in [0.05, 0.1) is 6.04 Å². The van der Waals surface area contributed by atoms with Crippen molar-refractivity contribution in [1.29, 1.82) is 0 Å². The van der Waals surface area contributed by atoms with Crippen molar-refractivity contribution in [2.45, 2.75) is 57.7 Å². The third kappa shape index (κ3) is 4.91. The standard InChI is InChI=1S/C19H27N3OS.ClH/c1-15(23)22(17-12-8-5-9-13-17)18-14-24-19(21(18)2)20-16-10-6-3-4-7-11-16;/h5,8-9,12-13,16,18H,3-4,6-7,10-11,14H2,1-2H3;1H. The largest absolute Gasteiger partial charge is 0.333 e. The summed E-state index contributed by atoms with van der Waals surface area (Å²) in [5.41, 5.74) is 0.957. The van der Waals surface area contributed by atoms with Crippen molar-refractivity contribution >= 4 is 40.9 Å². The fourth-order valence-electron chi connectivity index (χ4n) is 3.56. The molecule has 1 unspecified atom stereocenters. The van der Waals surface area contributed by atoms with E-state index < -0.39 is 0 Å². The van der Waals surface area contributed by atoms with Crippen LogP contribution < -0.4 is 4.90 Å². The highest BCUT2D eigenvalue weighted by Gasteiger charge is 2.34. The summed E-state index contributed by atoms with van der Waals surface area (Å²) in [6.45, 7) is 1.64. The molecule has 1 heterocycles. The SMILES string of the molecule is CC(=O)N(c1ccccc1)C1CSC(=NC2CCCCCC2)N1C.Cl. The summed E-state index contributed by atoms with van der Waals surface area (Å²) in [7, 11) is 2.07. The normalized spacial score (nSPS) is 23.2. The lowest BCUT2D eigenvalue weighted by atomic mass is 10.1. The molecule has 3 rings (SSSR count). The van der Waals surface area contributed by atoms with Gasteiger partial charge in [0.15, 0.2) is 5.17 Å². The first-order chi connectivity index (χ1) is 11.7. The minimum Gasteiger partial charge on any atom is -0.333 e. The number of amidine groups is 1. The van der Waals surface area contributed by atoms with Crippen LogP contribution >= 0.6 is 24.2 Å². The van der Waals surface area contributed by atoms with E-state index in [0.717, 1.165) is 16.6 Å². The number of anilines is 1. The van der Waals surface area contributed by atoms with Crippen LogP contribution in [0, 0.1) is 0 Å². The molecule has 1 aromatic rings. The van der Waals surface area contributed by atoms with E-state index in [-0.39, 0.29) is 24.5 Å². The number of carbonyl (C=O) groups is 1. The number of aliphatic imine (C=N–C) groups is 1. The molecule has 0 bridgehead atoms. The zero-order valence-corrected chi connectivity index (χ0v) is 16.7. The van der Waals surface area contributed by atoms with E-state index in [2.05, 4.69) is 11.9 Å². The molecule has 138 valence electrons. The number of hydrogen-bond acceptors (Lipinski definition) is 3. The Kier molecular flexibility index (Phi) is 7.63. The topological polar surface area (TPSA) is 35.9 Å². The second-order valence-electron chi connectivity index (χ2n) is 6.68. The molecule has 2 aliphatic rings. The van der Waals surface area contributed by atoms with Crippen molar-refractivity contribution in [2.75, 3.05) is 17.7 Å². The van der Waals surface area contributed by atoms with Crippen LogP contribution in [0.5, 0.6) is 0 Å². The monoisotopic (exact) mass is 381 g/mol. The van der Waals surface area contributed by atoms with E-state index in [0.29, 0.717) is 6.04 Å². The molecule has 1 saturated carbocycles. The van der Waals surface area contributed by atoms with Crippen molar-refractivity contribution in [3.05, 3.63) is 30.3 Å². The Bertz CT molecular complexity index is 588. The molecule has 0 spiro atoms. The van der Waals surface area contributed by atoms with E-state index in [1.807, 2.05) is 35.2 Å². The highest BCUT2D eigenvalue weighted by molar-refractivity contribution is 8.14. The maximum absolute atomic E-state index is 12.3. The molecule has 1 aliphatic carbocycles. The predicted octanol–water partition coefficient (Wildman–Crippen LogP) is 4.54. The van der Waals surface area contributed by atoms with E-state index in [9.17, 15) is 4.79 Å². The molecule has 25 heavy (non-hydrogen) atoms. The van der Waals surface area contributed by atoms with Crippen LogP contribution in [-0.4, -0.2) is 41.0 Å². The minimum absolute atomic E-state index is 0. The first-order valence-corrected chi connectivity index (χ1v) is 9.93. The smallest absolute Gasteiger partial charge is 0.225 e. The summed E-state index contributed by atoms with van der Waals surface area (Å²) >= 11 is 1.78. The summed E-state index contributed by atoms with van der Waals surface area (Å²) in [5.74, 6) is 0.950. The van der Waals surface area contributed by atoms with Crippen LogP contribution in [0.3, 0.4) is 0 Å². The van der Waals surface area contributed by atoms with Gasteiger partial charge in [0.2, 0.25) is 5.91 Å². The third-order valence-electron chi connectivity index (χ3n) is 4.90. The lowest BCUT2D eigenvalue weighted by Crippen LogP contribution is -2.48. The van der Waals surface area contributed by atoms with Crippen LogP contribution in [0.1, 0.15) is 45.4 Å². The Morgan fingerprint density at radius 1 is 1.16 bits per heavy atom. The first-order valence-electron chi connectivity index (χ1n) is 8.95. The fourth-order valence-corrected chi connectivity index (χ4v) is 4.78. The molecule has 0 N–H and O–H groups in total. The highest BCUT2D eigenvalue weighted by Crippen LogP contribution is 2.30. The number of carbonyl (C=O) groups excluding carboxylic acids is 1. The molecular formula is C19H28ClN3OS. The highest BCUT2D eigenvalue weighted by atomic mass is 35.5. The Labute approximate surface area is 161 Å². The molecule has 4 nitrogen and oxygen atoms in total. The van der Waals surface area contributed by atoms with Gasteiger partial charge in [-0.05, 0) is 25.0 Å². The maximum Gasteiger partial charge on any atom is 0.225 e. The lowest BCUT2D eigenvalue weighted by Gasteiger charge is -2.33. The van der Waals surface area contributed by atoms with Gasteiger partial charge in [0, 0.05) is 25.4 Å². The average molecular weight is 382 g/mol. The minimum atomic E-state index is 0. The van der Waals surface area contributed by atoms with Gasteiger partial charge in [-0.3, -0.25) is 14.7 Å². The molecule has 1 saturated heterocycles. The Morgan fingerprint density at radius 3 is 2.40 bits per heavy atom. The Hall–Kier alpha value is -1.20. The summed E-state index contributed by atoms with van der Waals surface area (Å²) in [4.78, 5) is 21.4. The van der Waals surface area contributed by atoms with Crippen molar-refractivity contribution in [3.8, 4) is 0 Å². The first kappa shape index (κ1) is 20.1. The van der Waals surface area contributed by atoms with Gasteiger partial charge in [-0.1, -0.05) is 55.6 Å². The van der Waals surface area contributed by atoms with E-state index in [4.69, 9.17) is 4.99 Å². The van der Waals surface area contributed by atoms with E-state index in [1.165, 1.54) is 38.5 Å². The number of amides is 1. The van der Waals surface area contributed by atoms with Gasteiger partial charge in [0.25, 0.3) is 0 Å². The van der Waals surface area contributed by atoms with Crippen LogP contribution in [0.25, 0.3) is 0 Å². The van der Waals surface area contributed by atoms with Gasteiger partial charge in [-0.15, -0.1) is 12.4 Å². The summed E-state index contributed by atoms with van der Waals surface area (Å²) < 4.78 is 0. The predicted molar refractivity (Wildman–Crippen MR) is 110 cm³/mol. The number of thioether (sulfide) groups is 1. The molecule has 1 atom stereocenters. The third-order valence-corrected chi connectivity index (χ3v) is 6.02. The van der Waals surface area contributed by atoms with Crippen molar-refractivity contribution in [1.82, 2.24) is 4.90 Å². The molecule has 6 heteroatoms. The Morgan fingerprint density at radius 2 is 1.80 bits per heavy atom. The quantitative estimate of drug-likeness (QED) is 0.721. The number of benzene rings is 1. The number of para-hydroxylation sites is 1. The average Bonchev–Trinajstić information content (AvgIpc) is 2.79. The van der Waals surface area contributed by atoms with Gasteiger partial charge in [0.1, 0.15) is 6.17 Å². The van der Waals surface area contributed by atoms with Crippen molar-refractivity contribution in [3.63, 3.8) is 0 Å². The molecule has 2 fully saturated rings. The zero-order valence-electron chi connectivity index (χ0n) is 15.1. The molecule has 0 radical (unpaired) electrons. The van der Waals surface area contributed by atoms with Crippen molar-refractivity contribution < 1.29 is 4.79 Å². The lowest BCUT2D eigenvalue weighted by molar-refractivity contribution is -0.117. The number of nitrogens with zero attached hydrogens (tertiary/aromatic N) is 3. The molecular weight excluding hydrogens is 354 g/mol. The van der Waals surface area contributed by atoms with Gasteiger partial charge >= 0.3 is 0 Å². The fraction of sp³-hybridized carbons (Fsp3) is 0.579. The van der Waals surface area contributed by atoms with Crippen LogP contribution in [0.15, 0.2) is 35.3 Å².